The first-order valence-electron chi connectivity index (χ1n) is 11.6. The van der Waals surface area contributed by atoms with Gasteiger partial charge in [-0.25, -0.2) is 22.9 Å². The number of halogens is 5. The van der Waals surface area contributed by atoms with Gasteiger partial charge in [0.2, 0.25) is 3.79 Å². The Bertz CT molecular complexity index is 1750. The number of nitrogens with zero attached hydrogens (tertiary/aromatic N) is 4. The summed E-state index contributed by atoms with van der Waals surface area (Å²) in [5.74, 6) is -5.68. The monoisotopic (exact) mass is 712 g/mol. The topological polar surface area (TPSA) is 196 Å². The predicted molar refractivity (Wildman–Crippen MR) is 155 cm³/mol. The number of ketones is 3. The van der Waals surface area contributed by atoms with Crippen LogP contribution in [0.3, 0.4) is 0 Å². The first-order valence-corrected chi connectivity index (χ1v) is 15.4. The molecular formula is C24H17Cl5N4O9S. The molecule has 1 saturated carbocycles. The van der Waals surface area contributed by atoms with Crippen molar-refractivity contribution in [1.82, 2.24) is 14.8 Å². The van der Waals surface area contributed by atoms with Crippen molar-refractivity contribution in [2.24, 2.45) is 5.92 Å². The fourth-order valence-electron chi connectivity index (χ4n) is 3.86. The van der Waals surface area contributed by atoms with Crippen LogP contribution in [0, 0.1) is 16.0 Å². The van der Waals surface area contributed by atoms with Crippen molar-refractivity contribution >= 4 is 96.8 Å². The molecule has 0 spiro atoms. The Morgan fingerprint density at radius 1 is 1.07 bits per heavy atom. The maximum atomic E-state index is 12.4. The van der Waals surface area contributed by atoms with Crippen molar-refractivity contribution in [2.75, 3.05) is 6.26 Å². The fraction of sp³-hybridized carbons (Fsp3) is 0.250. The number of carboxylic acid groups (broad SMARTS) is 1. The van der Waals surface area contributed by atoms with Crippen molar-refractivity contribution in [2.45, 2.75) is 28.0 Å². The van der Waals surface area contributed by atoms with Crippen LogP contribution < -0.4 is 0 Å². The maximum Gasteiger partial charge on any atom is 0.375 e. The second kappa shape index (κ2) is 13.2. The number of benzene rings is 2. The van der Waals surface area contributed by atoms with Gasteiger partial charge in [0.15, 0.2) is 33.0 Å². The number of carboxylic acids is 1. The van der Waals surface area contributed by atoms with E-state index in [4.69, 9.17) is 63.1 Å². The number of Topliss-reactive ketones (excluding diaryl/α,β-unsaturated/α-hetero) is 3. The number of aromatic carboxylic acids is 1. The number of nitro groups is 1. The molecule has 43 heavy (non-hydrogen) atoms. The summed E-state index contributed by atoms with van der Waals surface area (Å²) in [6.07, 6.45) is 1.37. The standard InChI is InChI=1S/C14H13NO7S.C10H4Cl5N3O2/c1-23(21,22)8-5-6-9(10(7-8)15(19)20)14(18)13-11(16)3-2-4-12(13)17;11-4-1-2-6(5(12)3-4)18-9(10(13,14)15)16-7(17-18)8(19)20/h5-7,13H,2-4H2,1H3;1-3H,(H,19,20). The minimum absolute atomic E-state index is 0.0668. The van der Waals surface area contributed by atoms with Gasteiger partial charge in [0.05, 0.1) is 26.1 Å². The lowest BCUT2D eigenvalue weighted by molar-refractivity contribution is -0.385. The van der Waals surface area contributed by atoms with Gasteiger partial charge >= 0.3 is 5.97 Å². The molecule has 1 N–H and O–H groups in total. The lowest BCUT2D eigenvalue weighted by atomic mass is 9.81. The molecule has 2 aromatic carbocycles. The zero-order chi connectivity index (χ0) is 32.4. The molecule has 0 bridgehead atoms. The van der Waals surface area contributed by atoms with E-state index in [1.54, 1.807) is 0 Å². The molecule has 1 aromatic heterocycles. The number of aromatic nitrogens is 3. The maximum absolute atomic E-state index is 12.4. The van der Waals surface area contributed by atoms with Crippen molar-refractivity contribution in [1.29, 1.82) is 0 Å². The number of sulfone groups is 1. The summed E-state index contributed by atoms with van der Waals surface area (Å²) in [6, 6.07) is 7.28. The number of nitro benzene ring substituents is 1. The molecule has 0 aliphatic heterocycles. The molecule has 19 heteroatoms. The molecule has 0 amide bonds. The number of alkyl halides is 3. The van der Waals surface area contributed by atoms with Crippen LogP contribution in [-0.2, 0) is 23.2 Å². The van der Waals surface area contributed by atoms with Gasteiger partial charge in [0, 0.05) is 30.2 Å². The van der Waals surface area contributed by atoms with Gasteiger partial charge in [-0.05, 0) is 36.8 Å². The number of hydrogen-bond acceptors (Lipinski definition) is 10. The van der Waals surface area contributed by atoms with Gasteiger partial charge in [-0.3, -0.25) is 24.5 Å². The van der Waals surface area contributed by atoms with Gasteiger partial charge in [-0.15, -0.1) is 5.10 Å². The first kappa shape index (κ1) is 34.4. The van der Waals surface area contributed by atoms with E-state index >= 15 is 0 Å². The van der Waals surface area contributed by atoms with E-state index in [1.165, 1.54) is 18.2 Å². The third-order valence-corrected chi connectivity index (χ3v) is 7.96. The number of carbonyl (C=O) groups is 4. The molecule has 4 rings (SSSR count). The van der Waals surface area contributed by atoms with Gasteiger partial charge in [0.1, 0.15) is 5.92 Å². The normalized spacial score (nSPS) is 14.2. The first-order chi connectivity index (χ1) is 19.8. The molecule has 1 aliphatic rings. The Morgan fingerprint density at radius 3 is 2.16 bits per heavy atom. The molecule has 1 heterocycles. The third kappa shape index (κ3) is 8.08. The Balaban J connectivity index is 0.000000238. The van der Waals surface area contributed by atoms with Gasteiger partial charge in [-0.1, -0.05) is 58.0 Å². The fourth-order valence-corrected chi connectivity index (χ4v) is 5.36. The van der Waals surface area contributed by atoms with Crippen LogP contribution in [0.1, 0.15) is 46.1 Å². The molecule has 0 saturated heterocycles. The molecule has 1 aliphatic carbocycles. The Labute approximate surface area is 267 Å². The minimum atomic E-state index is -3.70. The highest BCUT2D eigenvalue weighted by Crippen LogP contribution is 2.39. The van der Waals surface area contributed by atoms with Crippen LogP contribution in [-0.4, -0.2) is 62.8 Å². The van der Waals surface area contributed by atoms with Crippen molar-refractivity contribution in [3.8, 4) is 5.69 Å². The molecule has 3 aromatic rings. The summed E-state index contributed by atoms with van der Waals surface area (Å²) in [7, 11) is -3.70. The summed E-state index contributed by atoms with van der Waals surface area (Å²) in [5, 5.41) is 24.4. The second-order valence-electron chi connectivity index (χ2n) is 8.86. The van der Waals surface area contributed by atoms with Crippen LogP contribution in [0.4, 0.5) is 5.69 Å². The Hall–Kier alpha value is -3.14. The zero-order valence-corrected chi connectivity index (χ0v) is 26.1. The molecule has 0 atom stereocenters. The quantitative estimate of drug-likeness (QED) is 0.116. The van der Waals surface area contributed by atoms with Crippen LogP contribution >= 0.6 is 58.0 Å². The van der Waals surface area contributed by atoms with Crippen LogP contribution in [0.5, 0.6) is 0 Å². The van der Waals surface area contributed by atoms with E-state index < -0.39 is 64.9 Å². The zero-order valence-electron chi connectivity index (χ0n) is 21.5. The van der Waals surface area contributed by atoms with Gasteiger partial charge < -0.3 is 5.11 Å². The third-order valence-electron chi connectivity index (χ3n) is 5.80. The smallest absolute Gasteiger partial charge is 0.375 e. The molecule has 0 unspecified atom stereocenters. The summed E-state index contributed by atoms with van der Waals surface area (Å²) in [4.78, 5) is 60.6. The number of rotatable bonds is 6. The summed E-state index contributed by atoms with van der Waals surface area (Å²) < 4.78 is 22.0. The van der Waals surface area contributed by atoms with E-state index in [1.807, 2.05) is 0 Å². The number of carbonyl (C=O) groups excluding carboxylic acids is 3. The van der Waals surface area contributed by atoms with Crippen molar-refractivity contribution < 1.29 is 37.6 Å². The van der Waals surface area contributed by atoms with Crippen LogP contribution in [0.25, 0.3) is 5.69 Å². The molecular weight excluding hydrogens is 698 g/mol. The molecule has 228 valence electrons. The van der Waals surface area contributed by atoms with Gasteiger partial charge in [-0.2, -0.15) is 0 Å². The van der Waals surface area contributed by atoms with E-state index in [0.717, 1.165) is 29.1 Å². The molecule has 13 nitrogen and oxygen atoms in total. The average molecular weight is 715 g/mol. The lowest BCUT2D eigenvalue weighted by Crippen LogP contribution is -2.35. The second-order valence-corrected chi connectivity index (χ2v) is 14.0. The Kier molecular flexibility index (Phi) is 10.6. The molecule has 0 radical (unpaired) electrons. The van der Waals surface area contributed by atoms with E-state index in [9.17, 15) is 37.7 Å². The van der Waals surface area contributed by atoms with Crippen molar-refractivity contribution in [3.63, 3.8) is 0 Å². The summed E-state index contributed by atoms with van der Waals surface area (Å²) >= 11 is 29.1. The van der Waals surface area contributed by atoms with E-state index in [-0.39, 0.29) is 34.3 Å². The number of hydrogen-bond donors (Lipinski definition) is 1. The average Bonchev–Trinajstić information content (AvgIpc) is 3.34. The summed E-state index contributed by atoms with van der Waals surface area (Å²) in [5.41, 5.74) is -0.877. The SMILES string of the molecule is CS(=O)(=O)c1ccc(C(=O)C2C(=O)CCCC2=O)c([N+](=O)[O-])c1.O=C(O)c1nc(C(Cl)(Cl)Cl)n(-c2ccc(Cl)cc2Cl)n1. The molecule has 1 fully saturated rings. The highest BCUT2D eigenvalue weighted by molar-refractivity contribution is 7.90. The summed E-state index contributed by atoms with van der Waals surface area (Å²) in [6.45, 7) is 0. The van der Waals surface area contributed by atoms with E-state index in [0.29, 0.717) is 11.4 Å². The van der Waals surface area contributed by atoms with E-state index in [2.05, 4.69) is 10.1 Å². The van der Waals surface area contributed by atoms with Crippen LogP contribution in [0.15, 0.2) is 41.3 Å². The predicted octanol–water partition coefficient (Wildman–Crippen LogP) is 5.22. The Morgan fingerprint density at radius 2 is 1.67 bits per heavy atom. The highest BCUT2D eigenvalue weighted by Gasteiger charge is 2.39. The largest absolute Gasteiger partial charge is 0.475 e. The minimum Gasteiger partial charge on any atom is -0.475 e. The van der Waals surface area contributed by atoms with Crippen molar-refractivity contribution in [3.05, 3.63) is 73.8 Å². The highest BCUT2D eigenvalue weighted by atomic mass is 35.6. The van der Waals surface area contributed by atoms with Crippen LogP contribution in [0.2, 0.25) is 10.0 Å². The lowest BCUT2D eigenvalue weighted by Gasteiger charge is -2.18. The van der Waals surface area contributed by atoms with Gasteiger partial charge in [0.25, 0.3) is 11.5 Å².